The van der Waals surface area contributed by atoms with Gasteiger partial charge in [-0.3, -0.25) is 0 Å². The molecule has 3 heterocycles. The largest absolute Gasteiger partial charge is 0.490 e. The van der Waals surface area contributed by atoms with Crippen molar-refractivity contribution in [3.05, 3.63) is 34.9 Å². The molecule has 0 aromatic carbocycles. The molecule has 0 N–H and O–H groups in total. The molecular formula is C19H23ClN2O3S. The van der Waals surface area contributed by atoms with Gasteiger partial charge in [-0.2, -0.15) is 0 Å². The first-order chi connectivity index (χ1) is 12.3. The number of rotatable bonds is 4. The molecule has 1 aliphatic heterocycles. The van der Waals surface area contributed by atoms with Crippen LogP contribution in [-0.2, 0) is 4.74 Å². The van der Waals surface area contributed by atoms with Crippen LogP contribution < -0.4 is 4.74 Å². The lowest BCUT2D eigenvalue weighted by Gasteiger charge is -2.28. The number of halogens is 1. The minimum atomic E-state index is -0.499. The number of likely N-dealkylation sites (tertiary alicyclic amines) is 1. The third-order valence-electron chi connectivity index (χ3n) is 4.05. The van der Waals surface area contributed by atoms with Crippen molar-refractivity contribution in [1.82, 2.24) is 9.88 Å². The number of thiophene rings is 1. The molecule has 7 heteroatoms. The summed E-state index contributed by atoms with van der Waals surface area (Å²) in [5, 5.41) is 2.45. The van der Waals surface area contributed by atoms with Crippen molar-refractivity contribution in [1.29, 1.82) is 0 Å². The highest BCUT2D eigenvalue weighted by Gasteiger charge is 2.32. The van der Waals surface area contributed by atoms with Crippen LogP contribution in [-0.4, -0.2) is 40.8 Å². The van der Waals surface area contributed by atoms with Gasteiger partial charge in [0.1, 0.15) is 23.1 Å². The van der Waals surface area contributed by atoms with E-state index in [1.165, 1.54) is 0 Å². The Morgan fingerprint density at radius 3 is 2.96 bits per heavy atom. The van der Waals surface area contributed by atoms with E-state index in [1.807, 2.05) is 44.4 Å². The van der Waals surface area contributed by atoms with Gasteiger partial charge in [-0.05, 0) is 51.1 Å². The van der Waals surface area contributed by atoms with Crippen molar-refractivity contribution in [3.8, 4) is 16.2 Å². The van der Waals surface area contributed by atoms with E-state index in [9.17, 15) is 4.79 Å². The fraction of sp³-hybridized carbons (Fsp3) is 0.474. The van der Waals surface area contributed by atoms with E-state index < -0.39 is 5.60 Å². The van der Waals surface area contributed by atoms with Gasteiger partial charge < -0.3 is 14.4 Å². The number of carbonyl (C=O) groups is 1. The van der Waals surface area contributed by atoms with Crippen molar-refractivity contribution in [2.24, 2.45) is 0 Å². The molecule has 0 bridgehead atoms. The van der Waals surface area contributed by atoms with Gasteiger partial charge in [0.15, 0.2) is 0 Å². The van der Waals surface area contributed by atoms with Crippen LogP contribution in [0.15, 0.2) is 29.8 Å². The highest BCUT2D eigenvalue weighted by Crippen LogP contribution is 2.33. The van der Waals surface area contributed by atoms with Crippen LogP contribution in [0.1, 0.15) is 33.6 Å². The summed E-state index contributed by atoms with van der Waals surface area (Å²) in [5.41, 5.74) is 0.357. The van der Waals surface area contributed by atoms with Gasteiger partial charge in [-0.25, -0.2) is 9.78 Å². The maximum Gasteiger partial charge on any atom is 0.410 e. The second kappa shape index (κ2) is 7.84. The molecule has 1 saturated heterocycles. The second-order valence-electron chi connectivity index (χ2n) is 7.27. The molecular weight excluding hydrogens is 372 g/mol. The topological polar surface area (TPSA) is 51.7 Å². The van der Waals surface area contributed by atoms with E-state index in [0.717, 1.165) is 23.3 Å². The first-order valence-electron chi connectivity index (χ1n) is 8.65. The van der Waals surface area contributed by atoms with Crippen molar-refractivity contribution in [3.63, 3.8) is 0 Å². The molecule has 0 aliphatic carbocycles. The van der Waals surface area contributed by atoms with Crippen LogP contribution in [0.25, 0.3) is 10.4 Å². The molecule has 1 unspecified atom stereocenters. The summed E-state index contributed by atoms with van der Waals surface area (Å²) in [6.45, 7) is 6.72. The number of pyridine rings is 1. The van der Waals surface area contributed by atoms with Crippen molar-refractivity contribution in [2.75, 3.05) is 13.2 Å². The van der Waals surface area contributed by atoms with E-state index in [1.54, 1.807) is 22.4 Å². The maximum absolute atomic E-state index is 12.4. The quantitative estimate of drug-likeness (QED) is 0.665. The molecule has 1 atom stereocenters. The summed E-state index contributed by atoms with van der Waals surface area (Å²) in [6.07, 6.45) is 3.19. The van der Waals surface area contributed by atoms with Crippen molar-refractivity contribution < 1.29 is 14.3 Å². The van der Waals surface area contributed by atoms with Gasteiger partial charge in [0, 0.05) is 17.0 Å². The Labute approximate surface area is 162 Å². The number of nitrogens with zero attached hydrogens (tertiary/aromatic N) is 2. The molecule has 140 valence electrons. The highest BCUT2D eigenvalue weighted by atomic mass is 35.5. The lowest BCUT2D eigenvalue weighted by atomic mass is 10.2. The Kier molecular flexibility index (Phi) is 5.73. The fourth-order valence-corrected chi connectivity index (χ4v) is 3.88. The fourth-order valence-electron chi connectivity index (χ4n) is 2.87. The number of carbonyl (C=O) groups excluding carboxylic acids is 1. The average Bonchev–Trinajstić information content (AvgIpc) is 3.24. The average molecular weight is 395 g/mol. The highest BCUT2D eigenvalue weighted by molar-refractivity contribution is 7.13. The zero-order valence-electron chi connectivity index (χ0n) is 15.2. The van der Waals surface area contributed by atoms with Crippen LogP contribution in [0.5, 0.6) is 5.75 Å². The third kappa shape index (κ3) is 4.68. The molecule has 1 amide bonds. The van der Waals surface area contributed by atoms with Crippen LogP contribution >= 0.6 is 22.9 Å². The van der Waals surface area contributed by atoms with Gasteiger partial charge >= 0.3 is 6.09 Å². The minimum Gasteiger partial charge on any atom is -0.490 e. The summed E-state index contributed by atoms with van der Waals surface area (Å²) >= 11 is 7.81. The summed E-state index contributed by atoms with van der Waals surface area (Å²) in [4.78, 5) is 19.4. The first-order valence-corrected chi connectivity index (χ1v) is 9.91. The molecule has 3 rings (SSSR count). The SMILES string of the molecule is CC(C)(C)OC(=O)N1CCCC1COc1cnc(Cl)c(-c2cccs2)c1. The zero-order valence-corrected chi connectivity index (χ0v) is 16.8. The van der Waals surface area contributed by atoms with Gasteiger partial charge in [-0.1, -0.05) is 17.7 Å². The predicted octanol–water partition coefficient (Wildman–Crippen LogP) is 5.24. The van der Waals surface area contributed by atoms with E-state index in [4.69, 9.17) is 21.1 Å². The van der Waals surface area contributed by atoms with E-state index in [2.05, 4.69) is 4.98 Å². The lowest BCUT2D eigenvalue weighted by Crippen LogP contribution is -2.42. The van der Waals surface area contributed by atoms with Gasteiger partial charge in [0.25, 0.3) is 0 Å². The number of amides is 1. The molecule has 0 spiro atoms. The molecule has 5 nitrogen and oxygen atoms in total. The Balaban J connectivity index is 1.65. The zero-order chi connectivity index (χ0) is 18.7. The molecule has 0 saturated carbocycles. The van der Waals surface area contributed by atoms with E-state index in [-0.39, 0.29) is 12.1 Å². The monoisotopic (exact) mass is 394 g/mol. The van der Waals surface area contributed by atoms with Gasteiger partial charge in [0.05, 0.1) is 12.2 Å². The standard InChI is InChI=1S/C19H23ClN2O3S/c1-19(2,3)25-18(23)22-8-4-6-13(22)12-24-14-10-15(17(20)21-11-14)16-7-5-9-26-16/h5,7,9-11,13H,4,6,8,12H2,1-3H3. The van der Waals surface area contributed by atoms with Crippen LogP contribution in [0, 0.1) is 0 Å². The number of ether oxygens (including phenoxy) is 2. The van der Waals surface area contributed by atoms with Crippen LogP contribution in [0.3, 0.4) is 0 Å². The molecule has 26 heavy (non-hydrogen) atoms. The minimum absolute atomic E-state index is 0.00529. The van der Waals surface area contributed by atoms with Gasteiger partial charge in [-0.15, -0.1) is 11.3 Å². The summed E-state index contributed by atoms with van der Waals surface area (Å²) < 4.78 is 11.4. The summed E-state index contributed by atoms with van der Waals surface area (Å²) in [6, 6.07) is 5.87. The first kappa shape index (κ1) is 19.0. The molecule has 0 radical (unpaired) electrons. The molecule has 1 fully saturated rings. The molecule has 2 aromatic rings. The molecule has 1 aliphatic rings. The Hall–Kier alpha value is -1.79. The van der Waals surface area contributed by atoms with Crippen LogP contribution in [0.2, 0.25) is 5.15 Å². The third-order valence-corrected chi connectivity index (χ3v) is 5.25. The second-order valence-corrected chi connectivity index (χ2v) is 8.57. The summed E-state index contributed by atoms with van der Waals surface area (Å²) in [7, 11) is 0. The number of hydrogen-bond donors (Lipinski definition) is 0. The summed E-state index contributed by atoms with van der Waals surface area (Å²) in [5.74, 6) is 0.647. The van der Waals surface area contributed by atoms with E-state index in [0.29, 0.717) is 24.1 Å². The Morgan fingerprint density at radius 1 is 1.46 bits per heavy atom. The van der Waals surface area contributed by atoms with Crippen LogP contribution in [0.4, 0.5) is 4.79 Å². The van der Waals surface area contributed by atoms with Crippen molar-refractivity contribution >= 4 is 29.0 Å². The maximum atomic E-state index is 12.4. The predicted molar refractivity (Wildman–Crippen MR) is 104 cm³/mol. The smallest absolute Gasteiger partial charge is 0.410 e. The lowest BCUT2D eigenvalue weighted by molar-refractivity contribution is 0.0187. The number of aromatic nitrogens is 1. The molecule has 2 aromatic heterocycles. The van der Waals surface area contributed by atoms with Gasteiger partial charge in [0.2, 0.25) is 0 Å². The normalized spacial score (nSPS) is 17.4. The number of hydrogen-bond acceptors (Lipinski definition) is 5. The Morgan fingerprint density at radius 2 is 2.27 bits per heavy atom. The van der Waals surface area contributed by atoms with Crippen molar-refractivity contribution in [2.45, 2.75) is 45.3 Å². The van der Waals surface area contributed by atoms with E-state index >= 15 is 0 Å². The Bertz CT molecular complexity index is 759.